The van der Waals surface area contributed by atoms with Crippen LogP contribution in [0.4, 0.5) is 0 Å². The number of rotatable bonds is 7. The fourth-order valence-electron chi connectivity index (χ4n) is 2.12. The van der Waals surface area contributed by atoms with Gasteiger partial charge in [-0.2, -0.15) is 0 Å². The molecule has 0 aliphatic rings. The van der Waals surface area contributed by atoms with Gasteiger partial charge in [0.25, 0.3) is 5.91 Å². The van der Waals surface area contributed by atoms with Crippen molar-refractivity contribution in [2.75, 3.05) is 12.3 Å². The number of hydrogen-bond donors (Lipinski definition) is 2. The summed E-state index contributed by atoms with van der Waals surface area (Å²) in [6, 6.07) is 14.4. The first-order valence-electron chi connectivity index (χ1n) is 8.00. The van der Waals surface area contributed by atoms with E-state index in [2.05, 4.69) is 34.9 Å². The quantitative estimate of drug-likeness (QED) is 0.572. The molecular weight excluding hydrogens is 356 g/mol. The topological polar surface area (TPSA) is 58.2 Å². The lowest BCUT2D eigenvalue weighted by atomic mass is 10.2. The Bertz CT molecular complexity index is 734. The number of carbonyl (C=O) groups excluding carboxylic acids is 2. The highest BCUT2D eigenvalue weighted by molar-refractivity contribution is 7.99. The molecule has 0 fully saturated rings. The normalized spacial score (nSPS) is 11.6. The highest BCUT2D eigenvalue weighted by atomic mass is 35.5. The van der Waals surface area contributed by atoms with Crippen molar-refractivity contribution in [3.05, 3.63) is 64.7 Å². The van der Waals surface area contributed by atoms with Crippen LogP contribution in [0.1, 0.15) is 22.8 Å². The molecule has 6 heteroatoms. The summed E-state index contributed by atoms with van der Waals surface area (Å²) in [6.07, 6.45) is 0. The summed E-state index contributed by atoms with van der Waals surface area (Å²) < 4.78 is 0. The Morgan fingerprint density at radius 2 is 1.80 bits per heavy atom. The third-order valence-electron chi connectivity index (χ3n) is 3.55. The summed E-state index contributed by atoms with van der Waals surface area (Å²) in [6.45, 7) is 4.23. The zero-order valence-corrected chi connectivity index (χ0v) is 15.8. The number of carbonyl (C=O) groups is 2. The number of aryl methyl sites for hydroxylation is 1. The summed E-state index contributed by atoms with van der Waals surface area (Å²) in [5.41, 5.74) is 1.58. The molecule has 4 nitrogen and oxygen atoms in total. The number of amides is 2. The van der Waals surface area contributed by atoms with E-state index in [1.165, 1.54) is 10.5 Å². The lowest BCUT2D eigenvalue weighted by Crippen LogP contribution is -2.45. The standard InChI is InChI=1S/C19H21ClN2O2S/c1-13-7-9-15(10-8-13)25-12-11-21-18(23)14(2)22-19(24)16-5-3-4-6-17(16)20/h3-10,14H,11-12H2,1-2H3,(H,21,23)(H,22,24). The molecule has 2 aromatic carbocycles. The van der Waals surface area contributed by atoms with Crippen LogP contribution in [0.3, 0.4) is 0 Å². The molecule has 0 aliphatic carbocycles. The Balaban J connectivity index is 1.74. The lowest BCUT2D eigenvalue weighted by molar-refractivity contribution is -0.122. The second-order valence-electron chi connectivity index (χ2n) is 5.63. The van der Waals surface area contributed by atoms with Crippen molar-refractivity contribution < 1.29 is 9.59 Å². The van der Waals surface area contributed by atoms with Crippen LogP contribution in [-0.2, 0) is 4.79 Å². The molecule has 0 spiro atoms. The third kappa shape index (κ3) is 6.11. The van der Waals surface area contributed by atoms with E-state index in [4.69, 9.17) is 11.6 Å². The summed E-state index contributed by atoms with van der Waals surface area (Å²) in [5, 5.41) is 5.85. The smallest absolute Gasteiger partial charge is 0.253 e. The molecule has 2 aromatic rings. The molecule has 1 unspecified atom stereocenters. The van der Waals surface area contributed by atoms with Crippen molar-refractivity contribution in [1.29, 1.82) is 0 Å². The van der Waals surface area contributed by atoms with E-state index in [0.717, 1.165) is 5.75 Å². The Hall–Kier alpha value is -1.98. The summed E-state index contributed by atoms with van der Waals surface area (Å²) >= 11 is 7.66. The molecule has 1 atom stereocenters. The van der Waals surface area contributed by atoms with Gasteiger partial charge in [-0.3, -0.25) is 9.59 Å². The maximum Gasteiger partial charge on any atom is 0.253 e. The number of thioether (sulfide) groups is 1. The van der Waals surface area contributed by atoms with Gasteiger partial charge in [-0.25, -0.2) is 0 Å². The highest BCUT2D eigenvalue weighted by Crippen LogP contribution is 2.17. The van der Waals surface area contributed by atoms with Crippen LogP contribution in [0.25, 0.3) is 0 Å². The van der Waals surface area contributed by atoms with Gasteiger partial charge < -0.3 is 10.6 Å². The van der Waals surface area contributed by atoms with Gasteiger partial charge >= 0.3 is 0 Å². The Labute approximate surface area is 157 Å². The van der Waals surface area contributed by atoms with Crippen molar-refractivity contribution >= 4 is 35.2 Å². The van der Waals surface area contributed by atoms with E-state index < -0.39 is 6.04 Å². The molecule has 0 aromatic heterocycles. The monoisotopic (exact) mass is 376 g/mol. The van der Waals surface area contributed by atoms with Crippen LogP contribution in [0.5, 0.6) is 0 Å². The third-order valence-corrected chi connectivity index (χ3v) is 4.89. The van der Waals surface area contributed by atoms with Crippen LogP contribution in [-0.4, -0.2) is 30.2 Å². The van der Waals surface area contributed by atoms with Crippen molar-refractivity contribution in [2.45, 2.75) is 24.8 Å². The predicted molar refractivity (Wildman–Crippen MR) is 103 cm³/mol. The Kier molecular flexibility index (Phi) is 7.34. The van der Waals surface area contributed by atoms with E-state index in [9.17, 15) is 9.59 Å². The Morgan fingerprint density at radius 1 is 1.12 bits per heavy atom. The number of hydrogen-bond acceptors (Lipinski definition) is 3. The van der Waals surface area contributed by atoms with E-state index in [1.54, 1.807) is 43.0 Å². The molecule has 0 bridgehead atoms. The van der Waals surface area contributed by atoms with Crippen LogP contribution < -0.4 is 10.6 Å². The average molecular weight is 377 g/mol. The van der Waals surface area contributed by atoms with Gasteiger partial charge in [-0.1, -0.05) is 41.4 Å². The summed E-state index contributed by atoms with van der Waals surface area (Å²) in [7, 11) is 0. The Morgan fingerprint density at radius 3 is 2.48 bits per heavy atom. The largest absolute Gasteiger partial charge is 0.353 e. The van der Waals surface area contributed by atoms with Crippen LogP contribution in [0.15, 0.2) is 53.4 Å². The molecule has 2 rings (SSSR count). The van der Waals surface area contributed by atoms with Gasteiger partial charge in [0, 0.05) is 17.2 Å². The predicted octanol–water partition coefficient (Wildman–Crippen LogP) is 3.68. The first kappa shape index (κ1) is 19.3. The molecular formula is C19H21ClN2O2S. The number of benzene rings is 2. The van der Waals surface area contributed by atoms with Crippen molar-refractivity contribution in [1.82, 2.24) is 10.6 Å². The second-order valence-corrected chi connectivity index (χ2v) is 7.20. The minimum absolute atomic E-state index is 0.218. The van der Waals surface area contributed by atoms with Gasteiger partial charge in [0.15, 0.2) is 0 Å². The van der Waals surface area contributed by atoms with Crippen LogP contribution in [0, 0.1) is 6.92 Å². The summed E-state index contributed by atoms with van der Waals surface area (Å²) in [5.74, 6) is 0.187. The first-order chi connectivity index (χ1) is 12.0. The van der Waals surface area contributed by atoms with E-state index in [1.807, 2.05) is 6.92 Å². The minimum atomic E-state index is -0.631. The van der Waals surface area contributed by atoms with Crippen LogP contribution >= 0.6 is 23.4 Å². The van der Waals surface area contributed by atoms with Gasteiger partial charge in [0.05, 0.1) is 10.6 Å². The molecule has 0 saturated carbocycles. The fraction of sp³-hybridized carbons (Fsp3) is 0.263. The zero-order chi connectivity index (χ0) is 18.2. The van der Waals surface area contributed by atoms with Gasteiger partial charge in [0.2, 0.25) is 5.91 Å². The van der Waals surface area contributed by atoms with Crippen LogP contribution in [0.2, 0.25) is 5.02 Å². The molecule has 0 radical (unpaired) electrons. The first-order valence-corrected chi connectivity index (χ1v) is 9.36. The van der Waals surface area contributed by atoms with E-state index >= 15 is 0 Å². The number of nitrogens with one attached hydrogen (secondary N) is 2. The molecule has 2 amide bonds. The van der Waals surface area contributed by atoms with Gasteiger partial charge in [-0.05, 0) is 38.1 Å². The molecule has 132 valence electrons. The molecule has 2 N–H and O–H groups in total. The average Bonchev–Trinajstić information content (AvgIpc) is 2.60. The van der Waals surface area contributed by atoms with Crippen molar-refractivity contribution in [3.8, 4) is 0 Å². The van der Waals surface area contributed by atoms with Gasteiger partial charge in [0.1, 0.15) is 6.04 Å². The fourth-order valence-corrected chi connectivity index (χ4v) is 3.11. The highest BCUT2D eigenvalue weighted by Gasteiger charge is 2.17. The van der Waals surface area contributed by atoms with Crippen molar-refractivity contribution in [3.63, 3.8) is 0 Å². The van der Waals surface area contributed by atoms with E-state index in [-0.39, 0.29) is 11.8 Å². The summed E-state index contributed by atoms with van der Waals surface area (Å²) in [4.78, 5) is 25.4. The molecule has 0 saturated heterocycles. The lowest BCUT2D eigenvalue weighted by Gasteiger charge is -2.14. The number of halogens is 1. The second kappa shape index (κ2) is 9.49. The zero-order valence-electron chi connectivity index (χ0n) is 14.2. The maximum atomic E-state index is 12.1. The minimum Gasteiger partial charge on any atom is -0.353 e. The van der Waals surface area contributed by atoms with E-state index in [0.29, 0.717) is 17.1 Å². The van der Waals surface area contributed by atoms with Gasteiger partial charge in [-0.15, -0.1) is 11.8 Å². The van der Waals surface area contributed by atoms with Crippen molar-refractivity contribution in [2.24, 2.45) is 0 Å². The SMILES string of the molecule is Cc1ccc(SCCNC(=O)C(C)NC(=O)c2ccccc2Cl)cc1. The molecule has 0 heterocycles. The maximum absolute atomic E-state index is 12.1. The molecule has 0 aliphatic heterocycles. The molecule has 25 heavy (non-hydrogen) atoms.